The first kappa shape index (κ1) is 23.9. The number of nitrogens with two attached hydrogens (primary N) is 1. The van der Waals surface area contributed by atoms with Crippen molar-refractivity contribution < 1.29 is 14.3 Å². The molecule has 0 radical (unpaired) electrons. The zero-order valence-corrected chi connectivity index (χ0v) is 19.5. The van der Waals surface area contributed by atoms with E-state index in [0.717, 1.165) is 24.8 Å². The van der Waals surface area contributed by atoms with Gasteiger partial charge in [-0.1, -0.05) is 30.3 Å². The van der Waals surface area contributed by atoms with Gasteiger partial charge in [0.1, 0.15) is 18.2 Å². The number of unbranched alkanes of at least 4 members (excludes halogenated alkanes) is 1. The van der Waals surface area contributed by atoms with Crippen LogP contribution in [0.3, 0.4) is 0 Å². The monoisotopic (exact) mass is 485 g/mol. The van der Waals surface area contributed by atoms with Crippen molar-refractivity contribution in [2.75, 3.05) is 18.0 Å². The number of nitrogens with zero attached hydrogens (tertiary/aromatic N) is 4. The number of rotatable bonds is 12. The highest BCUT2D eigenvalue weighted by molar-refractivity contribution is 6.28. The number of aromatic amines is 1. The summed E-state index contributed by atoms with van der Waals surface area (Å²) in [6, 6.07) is 8.82. The molecule has 1 aliphatic carbocycles. The van der Waals surface area contributed by atoms with Crippen LogP contribution < -0.4 is 16.0 Å². The van der Waals surface area contributed by atoms with Gasteiger partial charge in [0, 0.05) is 6.04 Å². The van der Waals surface area contributed by atoms with Crippen LogP contribution in [-0.4, -0.2) is 57.0 Å². The normalized spacial score (nSPS) is 14.1. The van der Waals surface area contributed by atoms with Gasteiger partial charge < -0.3 is 25.7 Å². The van der Waals surface area contributed by atoms with Crippen molar-refractivity contribution in [3.8, 4) is 0 Å². The molecule has 2 heterocycles. The van der Waals surface area contributed by atoms with Gasteiger partial charge in [-0.2, -0.15) is 9.97 Å². The van der Waals surface area contributed by atoms with E-state index in [1.807, 2.05) is 35.2 Å². The number of benzene rings is 1. The van der Waals surface area contributed by atoms with Crippen LogP contribution in [-0.2, 0) is 20.9 Å². The molecule has 1 aliphatic rings. The lowest BCUT2D eigenvalue weighted by Crippen LogP contribution is -2.47. The molecule has 1 saturated carbocycles. The molecule has 1 aromatic carbocycles. The largest absolute Gasteiger partial charge is 0.459 e. The summed E-state index contributed by atoms with van der Waals surface area (Å²) >= 11 is 6.09. The molecule has 2 aromatic heterocycles. The molecule has 0 saturated heterocycles. The molecule has 1 amide bonds. The highest BCUT2D eigenvalue weighted by Crippen LogP contribution is 2.33. The number of halogens is 1. The fraction of sp³-hybridized carbons (Fsp3) is 0.435. The molecule has 180 valence electrons. The van der Waals surface area contributed by atoms with Crippen molar-refractivity contribution in [1.82, 2.24) is 25.3 Å². The van der Waals surface area contributed by atoms with Crippen molar-refractivity contribution in [1.29, 1.82) is 0 Å². The number of esters is 1. The number of carbonyl (C=O) groups is 2. The first-order chi connectivity index (χ1) is 16.5. The Hall–Kier alpha value is -3.24. The van der Waals surface area contributed by atoms with E-state index in [0.29, 0.717) is 36.4 Å². The van der Waals surface area contributed by atoms with Gasteiger partial charge in [-0.3, -0.25) is 4.79 Å². The van der Waals surface area contributed by atoms with Crippen molar-refractivity contribution in [3.63, 3.8) is 0 Å². The summed E-state index contributed by atoms with van der Waals surface area (Å²) in [4.78, 5) is 43.4. The van der Waals surface area contributed by atoms with Crippen LogP contribution in [0, 0.1) is 0 Å². The van der Waals surface area contributed by atoms with Gasteiger partial charge in [0.25, 0.3) is 0 Å². The summed E-state index contributed by atoms with van der Waals surface area (Å²) < 4.78 is 5.48. The number of hydrogen-bond donors (Lipinski definition) is 3. The number of ether oxygens (including phenoxy) is 1. The molecule has 1 fully saturated rings. The van der Waals surface area contributed by atoms with Gasteiger partial charge in [0.2, 0.25) is 11.2 Å². The van der Waals surface area contributed by atoms with Crippen molar-refractivity contribution in [3.05, 3.63) is 47.5 Å². The molecular formula is C23H28ClN7O3. The van der Waals surface area contributed by atoms with E-state index in [9.17, 15) is 9.59 Å². The Morgan fingerprint density at radius 3 is 2.76 bits per heavy atom. The standard InChI is InChI=1S/C23H28ClN7O3/c24-23-29-20-19(26-14-27-20)21(30-23)31(16-9-10-16)12-18(32)28-17(8-4-5-11-25)22(33)34-13-15-6-2-1-3-7-15/h1-3,6-7,14,16-17H,4-5,8-13,25H2,(H,28,32)(H,26,27,29,30)/t17-/m0/s1. The summed E-state index contributed by atoms with van der Waals surface area (Å²) in [7, 11) is 0. The Labute approximate surface area is 202 Å². The predicted molar refractivity (Wildman–Crippen MR) is 128 cm³/mol. The molecule has 34 heavy (non-hydrogen) atoms. The van der Waals surface area contributed by atoms with Crippen LogP contribution in [0.25, 0.3) is 11.2 Å². The van der Waals surface area contributed by atoms with Crippen molar-refractivity contribution >= 4 is 40.5 Å². The fourth-order valence-electron chi connectivity index (χ4n) is 3.73. The average Bonchev–Trinajstić information content (AvgIpc) is 3.57. The van der Waals surface area contributed by atoms with Crippen LogP contribution >= 0.6 is 11.6 Å². The molecule has 4 rings (SSSR count). The zero-order chi connectivity index (χ0) is 23.9. The molecule has 1 atom stereocenters. The molecule has 3 aromatic rings. The number of hydrogen-bond acceptors (Lipinski definition) is 8. The first-order valence-corrected chi connectivity index (χ1v) is 11.8. The number of aromatic nitrogens is 4. The molecule has 4 N–H and O–H groups in total. The maximum atomic E-state index is 13.1. The Bertz CT molecular complexity index is 1120. The number of carbonyl (C=O) groups excluding carboxylic acids is 2. The topological polar surface area (TPSA) is 139 Å². The van der Waals surface area contributed by atoms with E-state index in [2.05, 4.69) is 25.3 Å². The van der Waals surface area contributed by atoms with E-state index in [1.54, 1.807) is 0 Å². The molecular weight excluding hydrogens is 458 g/mol. The number of anilines is 1. The van der Waals surface area contributed by atoms with Gasteiger partial charge in [-0.15, -0.1) is 0 Å². The third-order valence-electron chi connectivity index (χ3n) is 5.60. The van der Waals surface area contributed by atoms with E-state index in [1.165, 1.54) is 6.33 Å². The predicted octanol–water partition coefficient (Wildman–Crippen LogP) is 2.33. The minimum Gasteiger partial charge on any atom is -0.459 e. The minimum atomic E-state index is -0.759. The number of H-pyrrole nitrogens is 1. The van der Waals surface area contributed by atoms with Crippen LogP contribution in [0.2, 0.25) is 5.28 Å². The maximum absolute atomic E-state index is 13.1. The van der Waals surface area contributed by atoms with E-state index in [-0.39, 0.29) is 30.4 Å². The van der Waals surface area contributed by atoms with Crippen LogP contribution in [0.1, 0.15) is 37.7 Å². The van der Waals surface area contributed by atoms with E-state index in [4.69, 9.17) is 22.1 Å². The van der Waals surface area contributed by atoms with E-state index < -0.39 is 12.0 Å². The number of imidazole rings is 1. The van der Waals surface area contributed by atoms with Gasteiger partial charge in [-0.25, -0.2) is 9.78 Å². The SMILES string of the molecule is NCCCC[C@H](NC(=O)CN(c1nc(Cl)nc2nc[nH]c12)C1CC1)C(=O)OCc1ccccc1. The summed E-state index contributed by atoms with van der Waals surface area (Å²) in [5.41, 5.74) is 7.54. The molecule has 0 spiro atoms. The van der Waals surface area contributed by atoms with E-state index >= 15 is 0 Å². The number of amides is 1. The number of fused-ring (bicyclic) bond motifs is 1. The smallest absolute Gasteiger partial charge is 0.328 e. The second kappa shape index (κ2) is 11.3. The summed E-state index contributed by atoms with van der Waals surface area (Å²) in [5, 5.41) is 2.91. The van der Waals surface area contributed by atoms with Crippen LogP contribution in [0.15, 0.2) is 36.7 Å². The maximum Gasteiger partial charge on any atom is 0.328 e. The van der Waals surface area contributed by atoms with Gasteiger partial charge in [0.05, 0.1) is 12.9 Å². The third-order valence-corrected chi connectivity index (χ3v) is 5.77. The third kappa shape index (κ3) is 6.21. The zero-order valence-electron chi connectivity index (χ0n) is 18.7. The minimum absolute atomic E-state index is 0.0193. The number of nitrogens with one attached hydrogen (secondary N) is 2. The average molecular weight is 486 g/mol. The Balaban J connectivity index is 1.44. The quantitative estimate of drug-likeness (QED) is 0.202. The lowest BCUT2D eigenvalue weighted by molar-refractivity contribution is -0.149. The van der Waals surface area contributed by atoms with Crippen LogP contribution in [0.4, 0.5) is 5.82 Å². The van der Waals surface area contributed by atoms with Crippen LogP contribution in [0.5, 0.6) is 0 Å². The van der Waals surface area contributed by atoms with Crippen molar-refractivity contribution in [2.45, 2.75) is 50.8 Å². The lowest BCUT2D eigenvalue weighted by atomic mass is 10.1. The summed E-state index contributed by atoms with van der Waals surface area (Å²) in [6.45, 7) is 0.684. The fourth-order valence-corrected chi connectivity index (χ4v) is 3.89. The van der Waals surface area contributed by atoms with Gasteiger partial charge in [-0.05, 0) is 55.8 Å². The van der Waals surface area contributed by atoms with Crippen molar-refractivity contribution in [2.24, 2.45) is 5.73 Å². The Morgan fingerprint density at radius 2 is 2.03 bits per heavy atom. The van der Waals surface area contributed by atoms with Gasteiger partial charge >= 0.3 is 5.97 Å². The second-order valence-electron chi connectivity index (χ2n) is 8.27. The first-order valence-electron chi connectivity index (χ1n) is 11.4. The highest BCUT2D eigenvalue weighted by Gasteiger charge is 2.34. The second-order valence-corrected chi connectivity index (χ2v) is 8.61. The summed E-state index contributed by atoms with van der Waals surface area (Å²) in [5.74, 6) is -0.242. The van der Waals surface area contributed by atoms with Gasteiger partial charge in [0.15, 0.2) is 11.5 Å². The molecule has 11 heteroatoms. The molecule has 0 unspecified atom stereocenters. The Morgan fingerprint density at radius 1 is 1.24 bits per heavy atom. The Kier molecular flexibility index (Phi) is 7.91. The molecule has 10 nitrogen and oxygen atoms in total. The molecule has 0 bridgehead atoms. The lowest BCUT2D eigenvalue weighted by Gasteiger charge is -2.25. The summed E-state index contributed by atoms with van der Waals surface area (Å²) in [6.07, 6.45) is 5.28. The molecule has 0 aliphatic heterocycles. The highest BCUT2D eigenvalue weighted by atomic mass is 35.5.